The number of hydrogen-bond donors (Lipinski definition) is 0. The molecule has 0 atom stereocenters. The van der Waals surface area contributed by atoms with Crippen molar-refractivity contribution in [3.05, 3.63) is 106 Å². The molecule has 1 heterocycles. The first kappa shape index (κ1) is 21.9. The van der Waals surface area contributed by atoms with Crippen molar-refractivity contribution in [3.63, 3.8) is 0 Å². The van der Waals surface area contributed by atoms with Crippen molar-refractivity contribution >= 4 is 22.8 Å². The average molecular weight is 446 g/mol. The van der Waals surface area contributed by atoms with Gasteiger partial charge < -0.3 is 14.7 Å². The van der Waals surface area contributed by atoms with E-state index in [0.29, 0.717) is 17.1 Å². The van der Waals surface area contributed by atoms with E-state index in [2.05, 4.69) is 4.98 Å². The number of ketones is 1. The molecule has 0 spiro atoms. The van der Waals surface area contributed by atoms with Crippen LogP contribution in [0.1, 0.15) is 39.0 Å². The second-order valence-corrected chi connectivity index (χ2v) is 7.04. The molecule has 4 aromatic rings. The van der Waals surface area contributed by atoms with Gasteiger partial charge in [0, 0.05) is 5.56 Å². The Hall–Kier alpha value is -4.33. The second-order valence-electron chi connectivity index (χ2n) is 7.04. The Bertz CT molecular complexity index is 1340. The van der Waals surface area contributed by atoms with Crippen LogP contribution in [0.4, 0.5) is 4.39 Å². The minimum absolute atomic E-state index is 0.0415. The number of carbonyl (C=O) groups is 2. The number of fused-ring (bicyclic) bond motifs is 1. The van der Waals surface area contributed by atoms with Crippen LogP contribution in [-0.4, -0.2) is 23.3 Å². The van der Waals surface area contributed by atoms with Crippen molar-refractivity contribution in [1.29, 1.82) is 0 Å². The SMILES string of the molecule is CCOc1ccc2nc(COC(=O)c3ccccc3F)c(C(=O)c3ccccc3)[n+]([O-])c2c1. The highest BCUT2D eigenvalue weighted by molar-refractivity contribution is 6.07. The molecule has 33 heavy (non-hydrogen) atoms. The lowest BCUT2D eigenvalue weighted by atomic mass is 10.1. The first-order valence-corrected chi connectivity index (χ1v) is 10.2. The molecule has 4 rings (SSSR count). The van der Waals surface area contributed by atoms with Crippen LogP contribution in [-0.2, 0) is 11.3 Å². The highest BCUT2D eigenvalue weighted by Crippen LogP contribution is 2.21. The van der Waals surface area contributed by atoms with Gasteiger partial charge >= 0.3 is 5.97 Å². The van der Waals surface area contributed by atoms with Crippen LogP contribution in [0.5, 0.6) is 5.75 Å². The molecule has 0 aliphatic carbocycles. The number of esters is 1. The van der Waals surface area contributed by atoms with Gasteiger partial charge in [0.1, 0.15) is 23.7 Å². The van der Waals surface area contributed by atoms with Gasteiger partial charge in [0.05, 0.1) is 18.2 Å². The molecule has 0 fully saturated rings. The van der Waals surface area contributed by atoms with Crippen LogP contribution in [0.25, 0.3) is 11.0 Å². The number of carbonyl (C=O) groups excluding carboxylic acids is 2. The summed E-state index contributed by atoms with van der Waals surface area (Å²) in [7, 11) is 0. The number of benzene rings is 3. The quantitative estimate of drug-likeness (QED) is 0.184. The molecule has 0 aliphatic rings. The summed E-state index contributed by atoms with van der Waals surface area (Å²) >= 11 is 0. The van der Waals surface area contributed by atoms with Crippen molar-refractivity contribution in [2.45, 2.75) is 13.5 Å². The summed E-state index contributed by atoms with van der Waals surface area (Å²) in [6.07, 6.45) is 0. The molecule has 1 aromatic heterocycles. The summed E-state index contributed by atoms with van der Waals surface area (Å²) in [6, 6.07) is 18.3. The van der Waals surface area contributed by atoms with Crippen LogP contribution < -0.4 is 9.47 Å². The summed E-state index contributed by atoms with van der Waals surface area (Å²) in [4.78, 5) is 30.0. The van der Waals surface area contributed by atoms with E-state index in [1.54, 1.807) is 42.5 Å². The molecule has 8 heteroatoms. The van der Waals surface area contributed by atoms with Crippen LogP contribution in [0.15, 0.2) is 72.8 Å². The standard InChI is InChI=1S/C25H19FN2O5/c1-2-32-17-12-13-20-22(14-17)28(31)23(24(29)16-8-4-3-5-9-16)21(27-20)15-33-25(30)18-10-6-7-11-19(18)26/h3-14H,2,15H2,1H3. The summed E-state index contributed by atoms with van der Waals surface area (Å²) in [5, 5.41) is 13.3. The van der Waals surface area contributed by atoms with E-state index in [-0.39, 0.29) is 33.5 Å². The molecular weight excluding hydrogens is 427 g/mol. The lowest BCUT2D eigenvalue weighted by Gasteiger charge is -2.13. The van der Waals surface area contributed by atoms with Crippen LogP contribution in [0, 0.1) is 11.0 Å². The van der Waals surface area contributed by atoms with E-state index in [4.69, 9.17) is 9.47 Å². The van der Waals surface area contributed by atoms with Crippen molar-refractivity contribution in [3.8, 4) is 5.75 Å². The summed E-state index contributed by atoms with van der Waals surface area (Å²) < 4.78 is 25.1. The minimum Gasteiger partial charge on any atom is -0.618 e. The van der Waals surface area contributed by atoms with Gasteiger partial charge in [0.15, 0.2) is 5.69 Å². The van der Waals surface area contributed by atoms with E-state index < -0.39 is 24.2 Å². The first-order chi connectivity index (χ1) is 16.0. The van der Waals surface area contributed by atoms with Gasteiger partial charge in [-0.1, -0.05) is 42.5 Å². The average Bonchev–Trinajstić information content (AvgIpc) is 2.83. The van der Waals surface area contributed by atoms with Crippen molar-refractivity contribution in [1.82, 2.24) is 4.98 Å². The molecule has 0 unspecified atom stereocenters. The highest BCUT2D eigenvalue weighted by Gasteiger charge is 2.28. The minimum atomic E-state index is -0.933. The van der Waals surface area contributed by atoms with Gasteiger partial charge in [-0.05, 0) is 31.2 Å². The Morgan fingerprint density at radius 1 is 1.03 bits per heavy atom. The van der Waals surface area contributed by atoms with E-state index in [0.717, 1.165) is 6.07 Å². The number of rotatable bonds is 7. The fraction of sp³-hybridized carbons (Fsp3) is 0.120. The van der Waals surface area contributed by atoms with Crippen molar-refractivity contribution in [2.24, 2.45) is 0 Å². The van der Waals surface area contributed by atoms with Gasteiger partial charge in [0.25, 0.3) is 11.5 Å². The van der Waals surface area contributed by atoms with Crippen molar-refractivity contribution in [2.75, 3.05) is 6.61 Å². The zero-order chi connectivity index (χ0) is 23.4. The molecule has 166 valence electrons. The van der Waals surface area contributed by atoms with Gasteiger partial charge in [-0.2, -0.15) is 4.73 Å². The summed E-state index contributed by atoms with van der Waals surface area (Å²) in [6.45, 7) is 1.72. The molecule has 0 radical (unpaired) electrons. The number of nitrogens with zero attached hydrogens (tertiary/aromatic N) is 2. The largest absolute Gasteiger partial charge is 0.618 e. The number of halogens is 1. The molecule has 0 amide bonds. The first-order valence-electron chi connectivity index (χ1n) is 10.2. The van der Waals surface area contributed by atoms with Gasteiger partial charge in [-0.15, -0.1) is 0 Å². The lowest BCUT2D eigenvalue weighted by Crippen LogP contribution is -2.38. The maximum atomic E-state index is 13.9. The van der Waals surface area contributed by atoms with E-state index in [1.807, 2.05) is 6.92 Å². The van der Waals surface area contributed by atoms with Gasteiger partial charge in [0.2, 0.25) is 5.52 Å². The second kappa shape index (κ2) is 9.44. The van der Waals surface area contributed by atoms with Crippen LogP contribution in [0.2, 0.25) is 0 Å². The van der Waals surface area contributed by atoms with Crippen LogP contribution in [0.3, 0.4) is 0 Å². The van der Waals surface area contributed by atoms with Gasteiger partial charge in [-0.25, -0.2) is 14.2 Å². The van der Waals surface area contributed by atoms with Gasteiger partial charge in [-0.3, -0.25) is 4.79 Å². The third kappa shape index (κ3) is 4.50. The molecule has 3 aromatic carbocycles. The highest BCUT2D eigenvalue weighted by atomic mass is 19.1. The predicted molar refractivity (Wildman–Crippen MR) is 117 cm³/mol. The zero-order valence-corrected chi connectivity index (χ0v) is 17.7. The monoisotopic (exact) mass is 446 g/mol. The Morgan fingerprint density at radius 3 is 2.48 bits per heavy atom. The Balaban J connectivity index is 1.78. The fourth-order valence-corrected chi connectivity index (χ4v) is 3.34. The summed E-state index contributed by atoms with van der Waals surface area (Å²) in [5.41, 5.74) is 0.0970. The normalized spacial score (nSPS) is 10.7. The third-order valence-corrected chi connectivity index (χ3v) is 4.89. The third-order valence-electron chi connectivity index (χ3n) is 4.89. The number of ether oxygens (including phenoxy) is 2. The Morgan fingerprint density at radius 2 is 1.76 bits per heavy atom. The molecular formula is C25H19FN2O5. The molecule has 0 aliphatic heterocycles. The maximum Gasteiger partial charge on any atom is 0.341 e. The van der Waals surface area contributed by atoms with Crippen LogP contribution >= 0.6 is 0 Å². The Kier molecular flexibility index (Phi) is 6.26. The van der Waals surface area contributed by atoms with E-state index in [1.165, 1.54) is 24.3 Å². The predicted octanol–water partition coefficient (Wildman–Crippen LogP) is 3.99. The molecule has 7 nitrogen and oxygen atoms in total. The fourth-order valence-electron chi connectivity index (χ4n) is 3.34. The van der Waals surface area contributed by atoms with E-state index >= 15 is 0 Å². The zero-order valence-electron chi connectivity index (χ0n) is 17.7. The smallest absolute Gasteiger partial charge is 0.341 e. The molecule has 0 saturated carbocycles. The molecule has 0 saturated heterocycles. The molecule has 0 bridgehead atoms. The number of hydrogen-bond acceptors (Lipinski definition) is 6. The molecule has 0 N–H and O–H groups in total. The van der Waals surface area contributed by atoms with Crippen molar-refractivity contribution < 1.29 is 28.2 Å². The topological polar surface area (TPSA) is 92.4 Å². The maximum absolute atomic E-state index is 13.9. The van der Waals surface area contributed by atoms with E-state index in [9.17, 15) is 19.2 Å². The lowest BCUT2D eigenvalue weighted by molar-refractivity contribution is -0.580. The number of aromatic nitrogens is 2. The Labute approximate surface area is 188 Å². The summed E-state index contributed by atoms with van der Waals surface area (Å²) in [5.74, 6) is -1.80.